The van der Waals surface area contributed by atoms with Crippen LogP contribution in [0.4, 0.5) is 0 Å². The number of benzene rings is 2. The second-order valence-electron chi connectivity index (χ2n) is 12.9. The van der Waals surface area contributed by atoms with Gasteiger partial charge in [0.1, 0.15) is 41.9 Å². The van der Waals surface area contributed by atoms with Gasteiger partial charge in [0, 0.05) is 29.9 Å². The van der Waals surface area contributed by atoms with Crippen molar-refractivity contribution in [1.29, 1.82) is 0 Å². The normalized spacial score (nSPS) is 25.1. The first-order chi connectivity index (χ1) is 24.5. The zero-order valence-corrected chi connectivity index (χ0v) is 27.4. The van der Waals surface area contributed by atoms with Gasteiger partial charge in [-0.15, -0.1) is 0 Å². The highest BCUT2D eigenvalue weighted by Gasteiger charge is 2.48. The van der Waals surface area contributed by atoms with Crippen molar-refractivity contribution in [3.63, 3.8) is 0 Å². The van der Waals surface area contributed by atoms with Gasteiger partial charge in [-0.2, -0.15) is 0 Å². The Morgan fingerprint density at radius 2 is 1.67 bits per heavy atom. The molecule has 0 spiro atoms. The van der Waals surface area contributed by atoms with E-state index in [2.05, 4.69) is 0 Å². The van der Waals surface area contributed by atoms with Gasteiger partial charge in [0.2, 0.25) is 6.10 Å². The van der Waals surface area contributed by atoms with E-state index in [0.29, 0.717) is 5.57 Å². The van der Waals surface area contributed by atoms with Crippen LogP contribution in [-0.2, 0) is 28.7 Å². The number of aliphatic carboxylic acids is 2. The molecule has 8 N–H and O–H groups in total. The number of aromatic hydroxyl groups is 3. The number of carboxylic acid groups (broad SMARTS) is 2. The predicted octanol–water partition coefficient (Wildman–Crippen LogP) is 1.82. The summed E-state index contributed by atoms with van der Waals surface area (Å²) in [7, 11) is 0. The van der Waals surface area contributed by atoms with Gasteiger partial charge in [0.25, 0.3) is 0 Å². The Morgan fingerprint density at radius 3 is 2.31 bits per heavy atom. The predicted molar refractivity (Wildman–Crippen MR) is 174 cm³/mol. The van der Waals surface area contributed by atoms with Crippen LogP contribution in [0.5, 0.6) is 23.0 Å². The summed E-state index contributed by atoms with van der Waals surface area (Å²) in [5.74, 6) is -10.0. The Hall–Kier alpha value is -6.00. The molecule has 16 heteroatoms. The van der Waals surface area contributed by atoms with Crippen molar-refractivity contribution >= 4 is 30.0 Å². The van der Waals surface area contributed by atoms with Gasteiger partial charge >= 0.3 is 17.9 Å². The lowest BCUT2D eigenvalue weighted by Crippen LogP contribution is -2.50. The van der Waals surface area contributed by atoms with Crippen molar-refractivity contribution in [1.82, 2.24) is 0 Å². The number of carbonyl (C=O) groups is 4. The number of allylic oxidation sites excluding steroid dienone is 2. The highest BCUT2D eigenvalue weighted by atomic mass is 16.6. The fraction of sp³-hybridized carbons (Fsp3) is 0.333. The largest absolute Gasteiger partial charge is 0.546 e. The molecule has 0 bridgehead atoms. The molecule has 0 aromatic heterocycles. The van der Waals surface area contributed by atoms with Crippen LogP contribution in [0.2, 0.25) is 0 Å². The Morgan fingerprint density at radius 1 is 0.962 bits per heavy atom. The van der Waals surface area contributed by atoms with E-state index in [0.717, 1.165) is 30.4 Å². The molecule has 7 unspecified atom stereocenters. The lowest BCUT2D eigenvalue weighted by molar-refractivity contribution is -0.320. The van der Waals surface area contributed by atoms with E-state index in [4.69, 9.17) is 14.2 Å². The van der Waals surface area contributed by atoms with Crippen LogP contribution in [0.3, 0.4) is 0 Å². The molecular weight excluding hydrogens is 688 g/mol. The minimum Gasteiger partial charge on any atom is -0.546 e. The maximum Gasteiger partial charge on any atom is 0.345 e. The second-order valence-corrected chi connectivity index (χ2v) is 12.9. The molecule has 16 nitrogen and oxygen atoms in total. The molecule has 7 atom stereocenters. The Balaban J connectivity index is 1.49. The number of aliphatic hydroxyl groups is 4. The maximum absolute atomic E-state index is 14.1. The summed E-state index contributed by atoms with van der Waals surface area (Å²) in [5, 5.41) is 92.6. The molecular formula is C36H35O16-. The van der Waals surface area contributed by atoms with E-state index in [1.54, 1.807) is 0 Å². The third-order valence-corrected chi connectivity index (χ3v) is 9.14. The number of hydrogen-bond donors (Lipinski definition) is 8. The monoisotopic (exact) mass is 723 g/mol. The van der Waals surface area contributed by atoms with Crippen molar-refractivity contribution in [3.8, 4) is 23.0 Å². The highest BCUT2D eigenvalue weighted by Crippen LogP contribution is 2.53. The number of hydrogen-bond acceptors (Lipinski definition) is 15. The molecule has 3 aliphatic rings. The maximum atomic E-state index is 14.1. The van der Waals surface area contributed by atoms with Gasteiger partial charge in [-0.3, -0.25) is 4.79 Å². The summed E-state index contributed by atoms with van der Waals surface area (Å²) in [6.45, 7) is 1.38. The third kappa shape index (κ3) is 7.67. The first-order valence-electron chi connectivity index (χ1n) is 15.9. The first kappa shape index (κ1) is 37.3. The van der Waals surface area contributed by atoms with Gasteiger partial charge in [0.05, 0.1) is 5.97 Å². The molecule has 0 radical (unpaired) electrons. The van der Waals surface area contributed by atoms with Crippen molar-refractivity contribution in [2.24, 2.45) is 5.41 Å². The summed E-state index contributed by atoms with van der Waals surface area (Å²) >= 11 is 0. The number of fused-ring (bicyclic) bond motifs is 1. The Bertz CT molecular complexity index is 1910. The molecule has 2 aliphatic carbocycles. The first-order valence-corrected chi connectivity index (χ1v) is 15.9. The number of carboxylic acids is 2. The van der Waals surface area contributed by atoms with E-state index in [9.17, 15) is 65.1 Å². The summed E-state index contributed by atoms with van der Waals surface area (Å²) in [6, 6.07) is 5.91. The summed E-state index contributed by atoms with van der Waals surface area (Å²) in [6.07, 6.45) is -2.50. The molecule has 1 heterocycles. The average Bonchev–Trinajstić information content (AvgIpc) is 3.49. The van der Waals surface area contributed by atoms with Crippen molar-refractivity contribution in [3.05, 3.63) is 88.4 Å². The fourth-order valence-corrected chi connectivity index (χ4v) is 6.35. The molecule has 2 aromatic carbocycles. The van der Waals surface area contributed by atoms with Crippen molar-refractivity contribution in [2.45, 2.75) is 69.0 Å². The van der Waals surface area contributed by atoms with E-state index >= 15 is 0 Å². The number of ether oxygens (including phenoxy) is 3. The van der Waals surface area contributed by atoms with Crippen LogP contribution in [0.1, 0.15) is 61.3 Å². The summed E-state index contributed by atoms with van der Waals surface area (Å²) in [4.78, 5) is 51.3. The lowest BCUT2D eigenvalue weighted by Gasteiger charge is -2.39. The van der Waals surface area contributed by atoms with Gasteiger partial charge in [-0.25, -0.2) is 9.59 Å². The van der Waals surface area contributed by atoms with Crippen molar-refractivity contribution in [2.75, 3.05) is 0 Å². The number of phenolic OH excluding ortho intramolecular Hbond substituents is 3. The van der Waals surface area contributed by atoms with Gasteiger partial charge in [0.15, 0.2) is 23.0 Å². The van der Waals surface area contributed by atoms with E-state index in [1.807, 2.05) is 0 Å². The topological polar surface area (TPSA) is 281 Å². The smallest absolute Gasteiger partial charge is 0.345 e. The molecule has 52 heavy (non-hydrogen) atoms. The number of aliphatic hydroxyl groups excluding tert-OH is 4. The van der Waals surface area contributed by atoms with Gasteiger partial charge < -0.3 is 65.0 Å². The molecule has 5 rings (SSSR count). The number of rotatable bonds is 11. The SMILES string of the molecule is CC1(C(OC(=O)C2c3c(/C=C/C(=O)OC(CC4=CC=C(O)C(O)C4)C(=O)O)ccc(O)c3OC2c2ccc(O)c(O)c2)C(=O)[O-])C=C(O)C(O)CC1. The number of phenols is 3. The number of esters is 2. The standard InChI is InChI=1S/C36H36O16/c1-36(11-10-21(39)25(43)15-36)32(34(47)48)52-35(49)29-28-17(3-8-22(40)31(28)51-30(29)18-4-7-20(38)24(42)14-18)5-9-27(44)50-26(33(45)46)13-16-2-6-19(37)23(41)12-16/h2-9,14-15,21,23,26,29-30,32,37-43H,10-13H2,1H3,(H,45,46)(H,47,48)/p-1/b9-5+. The molecule has 0 saturated heterocycles. The zero-order chi connectivity index (χ0) is 38.1. The van der Waals surface area contributed by atoms with Crippen LogP contribution in [0.25, 0.3) is 6.08 Å². The Labute approximate surface area is 295 Å². The van der Waals surface area contributed by atoms with E-state index in [-0.39, 0.29) is 53.9 Å². The van der Waals surface area contributed by atoms with Crippen LogP contribution in [-0.4, -0.2) is 89.1 Å². The van der Waals surface area contributed by atoms with Gasteiger partial charge in [-0.05, 0) is 60.4 Å². The van der Waals surface area contributed by atoms with E-state index in [1.165, 1.54) is 37.3 Å². The Kier molecular flexibility index (Phi) is 10.5. The van der Waals surface area contributed by atoms with Crippen LogP contribution < -0.4 is 9.84 Å². The minimum atomic E-state index is -2.01. The highest BCUT2D eigenvalue weighted by molar-refractivity contribution is 5.92. The van der Waals surface area contributed by atoms with Crippen molar-refractivity contribution < 1.29 is 79.3 Å². The molecule has 0 fully saturated rings. The van der Waals surface area contributed by atoms with Crippen LogP contribution >= 0.6 is 0 Å². The minimum absolute atomic E-state index is 0.0392. The third-order valence-electron chi connectivity index (χ3n) is 9.14. The fourth-order valence-electron chi connectivity index (χ4n) is 6.35. The van der Waals surface area contributed by atoms with Crippen LogP contribution in [0.15, 0.2) is 71.7 Å². The molecule has 0 saturated carbocycles. The van der Waals surface area contributed by atoms with Gasteiger partial charge in [-0.1, -0.05) is 30.7 Å². The average molecular weight is 724 g/mol. The van der Waals surface area contributed by atoms with Crippen LogP contribution in [0, 0.1) is 5.41 Å². The number of carbonyl (C=O) groups excluding carboxylic acids is 3. The molecule has 276 valence electrons. The summed E-state index contributed by atoms with van der Waals surface area (Å²) < 4.78 is 16.6. The lowest BCUT2D eigenvalue weighted by atomic mass is 9.74. The van der Waals surface area contributed by atoms with E-state index < -0.39 is 88.7 Å². The summed E-state index contributed by atoms with van der Waals surface area (Å²) in [5.41, 5.74) is -1.15. The quantitative estimate of drug-likeness (QED) is 0.0932. The second kappa shape index (κ2) is 14.7. The molecule has 2 aromatic rings. The molecule has 0 amide bonds. The molecule has 1 aliphatic heterocycles. The zero-order valence-electron chi connectivity index (χ0n) is 27.4.